The molecule has 2 saturated carbocycles. The molecule has 4 aromatic rings. The first-order valence-corrected chi connectivity index (χ1v) is 26.1. The fraction of sp³-hybridized carbons (Fsp3) is 0.630. The molecule has 13 nitrogen and oxygen atoms in total. The van der Waals surface area contributed by atoms with E-state index in [1.54, 1.807) is 40.1 Å². The second kappa shape index (κ2) is 23.4. The fourth-order valence-electron chi connectivity index (χ4n) is 11.9. The number of fused-ring (bicyclic) bond motifs is 2. The Bertz CT molecular complexity index is 2240. The van der Waals surface area contributed by atoms with Crippen molar-refractivity contribution in [3.63, 3.8) is 0 Å². The Hall–Kier alpha value is -4.86. The number of carbonyl (C=O) groups excluding carboxylic acids is 4. The highest BCUT2D eigenvalue weighted by molar-refractivity contribution is 5.91. The van der Waals surface area contributed by atoms with Crippen molar-refractivity contribution < 1.29 is 32.7 Å². The third kappa shape index (κ3) is 11.8. The molecule has 4 N–H and O–H groups in total. The largest absolute Gasteiger partial charge is 0.378 e. The molecule has 2 aliphatic heterocycles. The van der Waals surface area contributed by atoms with E-state index in [2.05, 4.69) is 42.8 Å². The van der Waals surface area contributed by atoms with Crippen LogP contribution in [0.4, 0.5) is 8.78 Å². The molecular weight excluding hydrogens is 879 g/mol. The van der Waals surface area contributed by atoms with Gasteiger partial charge < -0.3 is 44.9 Å². The number of nitrogens with zero attached hydrogens (tertiary/aromatic N) is 4. The van der Waals surface area contributed by atoms with Crippen LogP contribution in [0.1, 0.15) is 115 Å². The van der Waals surface area contributed by atoms with Crippen LogP contribution in [0, 0.1) is 23.5 Å². The van der Waals surface area contributed by atoms with Gasteiger partial charge in [-0.25, -0.2) is 8.78 Å². The number of ether oxygens (including phenoxy) is 1. The molecule has 4 fully saturated rings. The van der Waals surface area contributed by atoms with Crippen LogP contribution in [0.25, 0.3) is 21.8 Å². The van der Waals surface area contributed by atoms with Crippen molar-refractivity contribution >= 4 is 45.4 Å². The van der Waals surface area contributed by atoms with Crippen LogP contribution in [-0.4, -0.2) is 119 Å². The predicted molar refractivity (Wildman–Crippen MR) is 266 cm³/mol. The molecule has 4 amide bonds. The van der Waals surface area contributed by atoms with Gasteiger partial charge in [-0.1, -0.05) is 38.5 Å². The zero-order valence-electron chi connectivity index (χ0n) is 41.4. The summed E-state index contributed by atoms with van der Waals surface area (Å²) in [5, 5.41) is 13.9. The molecule has 0 bridgehead atoms. The summed E-state index contributed by atoms with van der Waals surface area (Å²) in [5.74, 6) is -0.748. The van der Waals surface area contributed by atoms with Gasteiger partial charge in [-0.3, -0.25) is 19.2 Å². The smallest absolute Gasteiger partial charge is 0.245 e. The van der Waals surface area contributed by atoms with E-state index in [4.69, 9.17) is 4.74 Å². The molecule has 4 heterocycles. The highest BCUT2D eigenvalue weighted by atomic mass is 19.1. The van der Waals surface area contributed by atoms with Crippen LogP contribution < -0.4 is 21.3 Å². The summed E-state index contributed by atoms with van der Waals surface area (Å²) in [5.41, 5.74) is 3.77. The molecule has 6 atom stereocenters. The summed E-state index contributed by atoms with van der Waals surface area (Å²) in [7, 11) is 3.49. The molecule has 0 radical (unpaired) electrons. The van der Waals surface area contributed by atoms with E-state index in [-0.39, 0.29) is 59.2 Å². The van der Waals surface area contributed by atoms with Crippen molar-refractivity contribution in [1.82, 2.24) is 40.2 Å². The Morgan fingerprint density at radius 3 is 1.39 bits per heavy atom. The SMILES string of the molecule is CN[C@@H](C)C(=O)N[C@H](C(=O)N1CCC[C@H]1Cc1cn(CCOCCn2cc(C[C@@H]3CCCN3C(=O)[C@@H](NC(=O)[C@H](C)NC)C3CCCCC3)c3cc(F)ccc32)c2ccc(F)cc12)C1CCCCC1. The van der Waals surface area contributed by atoms with Crippen LogP contribution in [-0.2, 0) is 49.8 Å². The Labute approximate surface area is 406 Å². The van der Waals surface area contributed by atoms with Gasteiger partial charge >= 0.3 is 0 Å². The van der Waals surface area contributed by atoms with Crippen LogP contribution in [0.15, 0.2) is 48.8 Å². The van der Waals surface area contributed by atoms with E-state index in [1.807, 2.05) is 21.9 Å². The Morgan fingerprint density at radius 2 is 1.00 bits per heavy atom. The first kappa shape index (κ1) is 50.5. The molecule has 69 heavy (non-hydrogen) atoms. The van der Waals surface area contributed by atoms with E-state index in [0.29, 0.717) is 52.2 Å². The Morgan fingerprint density at radius 1 is 0.594 bits per heavy atom. The van der Waals surface area contributed by atoms with Crippen LogP contribution in [0.3, 0.4) is 0 Å². The maximum absolute atomic E-state index is 14.9. The third-order valence-corrected chi connectivity index (χ3v) is 16.1. The van der Waals surface area contributed by atoms with E-state index in [0.717, 1.165) is 123 Å². The predicted octanol–water partition coefficient (Wildman–Crippen LogP) is 7.00. The van der Waals surface area contributed by atoms with Crippen molar-refractivity contribution in [3.8, 4) is 0 Å². The lowest BCUT2D eigenvalue weighted by atomic mass is 9.83. The number of likely N-dealkylation sites (tertiary alicyclic amines) is 2. The number of aromatic nitrogens is 2. The van der Waals surface area contributed by atoms with Crippen LogP contribution >= 0.6 is 0 Å². The molecule has 2 aliphatic carbocycles. The number of carbonyl (C=O) groups is 4. The van der Waals surface area contributed by atoms with E-state index >= 15 is 0 Å². The van der Waals surface area contributed by atoms with Gasteiger partial charge in [-0.2, -0.15) is 0 Å². The summed E-state index contributed by atoms with van der Waals surface area (Å²) in [6.45, 7) is 6.79. The third-order valence-electron chi connectivity index (χ3n) is 16.1. The van der Waals surface area contributed by atoms with E-state index in [9.17, 15) is 28.0 Å². The summed E-state index contributed by atoms with van der Waals surface area (Å²) >= 11 is 0. The van der Waals surface area contributed by atoms with Gasteiger partial charge in [0.25, 0.3) is 0 Å². The van der Waals surface area contributed by atoms with E-state index in [1.165, 1.54) is 12.1 Å². The molecule has 376 valence electrons. The zero-order valence-corrected chi connectivity index (χ0v) is 41.4. The first-order valence-electron chi connectivity index (χ1n) is 26.1. The lowest BCUT2D eigenvalue weighted by Crippen LogP contribution is -2.56. The molecule has 2 aromatic carbocycles. The number of halogens is 2. The molecule has 2 aromatic heterocycles. The average Bonchev–Trinajstić information content (AvgIpc) is 4.18. The van der Waals surface area contributed by atoms with Gasteiger partial charge in [0.15, 0.2) is 0 Å². The minimum atomic E-state index is -0.561. The second-order valence-electron chi connectivity index (χ2n) is 20.5. The van der Waals surface area contributed by atoms with Crippen molar-refractivity contribution in [2.75, 3.05) is 40.4 Å². The minimum Gasteiger partial charge on any atom is -0.378 e. The first-order chi connectivity index (χ1) is 33.4. The lowest BCUT2D eigenvalue weighted by molar-refractivity contribution is -0.139. The number of likely N-dealkylation sites (N-methyl/N-ethyl adjacent to an activating group) is 2. The quantitative estimate of drug-likeness (QED) is 0.0700. The van der Waals surface area contributed by atoms with Gasteiger partial charge in [-0.05, 0) is 152 Å². The lowest BCUT2D eigenvalue weighted by Gasteiger charge is -2.35. The van der Waals surface area contributed by atoms with Gasteiger partial charge in [0.1, 0.15) is 23.7 Å². The average molecular weight is 955 g/mol. The molecule has 15 heteroatoms. The number of nitrogens with one attached hydrogen (secondary N) is 4. The minimum absolute atomic E-state index is 0.00647. The summed E-state index contributed by atoms with van der Waals surface area (Å²) < 4.78 is 40.2. The van der Waals surface area contributed by atoms with Gasteiger partial charge in [0.2, 0.25) is 23.6 Å². The highest BCUT2D eigenvalue weighted by Crippen LogP contribution is 2.34. The number of benzene rings is 2. The fourth-order valence-corrected chi connectivity index (χ4v) is 11.9. The van der Waals surface area contributed by atoms with Gasteiger partial charge in [0, 0.05) is 72.5 Å². The maximum atomic E-state index is 14.9. The van der Waals surface area contributed by atoms with Gasteiger partial charge in [0.05, 0.1) is 25.3 Å². The Balaban J connectivity index is 0.913. The zero-order chi connectivity index (χ0) is 48.6. The van der Waals surface area contributed by atoms with Crippen molar-refractivity contribution in [2.45, 2.75) is 166 Å². The highest BCUT2D eigenvalue weighted by Gasteiger charge is 2.41. The van der Waals surface area contributed by atoms with Crippen LogP contribution in [0.5, 0.6) is 0 Å². The molecule has 0 spiro atoms. The van der Waals surface area contributed by atoms with E-state index < -0.39 is 24.2 Å². The van der Waals surface area contributed by atoms with Gasteiger partial charge in [-0.15, -0.1) is 0 Å². The topological polar surface area (TPSA) is 142 Å². The van der Waals surface area contributed by atoms with Crippen molar-refractivity contribution in [2.24, 2.45) is 11.8 Å². The standard InChI is InChI=1S/C54H76F2N8O5/c1-35(57-3)51(65)59-49(37-13-7-5-8-14-37)53(67)63-23-11-17-43(63)29-39-33-61(47-21-19-41(55)31-45(39)47)25-27-69-28-26-62-34-40(46-32-42(56)20-22-48(46)62)30-44-18-12-24-64(44)54(68)50(38-15-9-6-10-16-38)60-52(66)36(2)58-4/h19-22,31-38,43-44,49-50,57-58H,5-18,23-30H2,1-4H3,(H,59,65)(H,60,66)/t35-,36-,43-,44-,49-,50-/m0/s1. The number of hydrogen-bond donors (Lipinski definition) is 4. The number of amides is 4. The number of rotatable bonds is 20. The molecule has 0 unspecified atom stereocenters. The van der Waals surface area contributed by atoms with Crippen molar-refractivity contribution in [3.05, 3.63) is 71.6 Å². The van der Waals surface area contributed by atoms with Crippen molar-refractivity contribution in [1.29, 1.82) is 0 Å². The van der Waals surface area contributed by atoms with Crippen LogP contribution in [0.2, 0.25) is 0 Å². The second-order valence-corrected chi connectivity index (χ2v) is 20.5. The maximum Gasteiger partial charge on any atom is 0.245 e. The summed E-state index contributed by atoms with van der Waals surface area (Å²) in [6, 6.07) is 7.69. The monoisotopic (exact) mass is 955 g/mol. The molecule has 4 aliphatic rings. The normalized spacial score (nSPS) is 21.2. The number of hydrogen-bond acceptors (Lipinski definition) is 7. The molecule has 2 saturated heterocycles. The summed E-state index contributed by atoms with van der Waals surface area (Å²) in [6.07, 6.45) is 19.0. The molecular formula is C54H76F2N8O5. The summed E-state index contributed by atoms with van der Waals surface area (Å²) in [4.78, 5) is 59.0. The Kier molecular flexibility index (Phi) is 17.1. The molecule has 8 rings (SSSR count).